The van der Waals surface area contributed by atoms with E-state index < -0.39 is 0 Å². The summed E-state index contributed by atoms with van der Waals surface area (Å²) in [5.41, 5.74) is 6.85. The fourth-order valence-electron chi connectivity index (χ4n) is 0.996. The Morgan fingerprint density at radius 2 is 2.33 bits per heavy atom. The maximum absolute atomic E-state index is 10.5. The molecule has 1 aromatic rings. The largest absolute Gasteiger partial charge is 0.497 e. The van der Waals surface area contributed by atoms with Crippen LogP contribution in [0, 0.1) is 0 Å². The molecule has 0 unspecified atom stereocenters. The molecule has 0 aliphatic rings. The van der Waals surface area contributed by atoms with Crippen molar-refractivity contribution in [3.63, 3.8) is 0 Å². The SMILES string of the molecule is COc1ccc(CN)c(C=O)c1. The Morgan fingerprint density at radius 3 is 2.83 bits per heavy atom. The van der Waals surface area contributed by atoms with Crippen molar-refractivity contribution in [3.05, 3.63) is 29.3 Å². The molecule has 0 radical (unpaired) electrons. The minimum atomic E-state index is 0.373. The van der Waals surface area contributed by atoms with E-state index >= 15 is 0 Å². The van der Waals surface area contributed by atoms with Gasteiger partial charge in [0, 0.05) is 12.1 Å². The lowest BCUT2D eigenvalue weighted by Gasteiger charge is -2.03. The third-order valence-electron chi connectivity index (χ3n) is 1.70. The summed E-state index contributed by atoms with van der Waals surface area (Å²) in [6.45, 7) is 0.373. The highest BCUT2D eigenvalue weighted by atomic mass is 16.5. The average Bonchev–Trinajstić information content (AvgIpc) is 2.16. The van der Waals surface area contributed by atoms with Crippen molar-refractivity contribution in [1.82, 2.24) is 0 Å². The highest BCUT2D eigenvalue weighted by Gasteiger charge is 2.00. The third kappa shape index (κ3) is 1.62. The number of ether oxygens (including phenoxy) is 1. The Balaban J connectivity index is 3.10. The highest BCUT2D eigenvalue weighted by Crippen LogP contribution is 2.15. The van der Waals surface area contributed by atoms with E-state index in [2.05, 4.69) is 0 Å². The number of hydrogen-bond acceptors (Lipinski definition) is 3. The zero-order valence-electron chi connectivity index (χ0n) is 6.91. The van der Waals surface area contributed by atoms with Crippen molar-refractivity contribution >= 4 is 6.29 Å². The minimum absolute atomic E-state index is 0.373. The number of methoxy groups -OCH3 is 1. The molecule has 0 atom stereocenters. The fourth-order valence-corrected chi connectivity index (χ4v) is 0.996. The first-order valence-electron chi connectivity index (χ1n) is 3.64. The first-order chi connectivity index (χ1) is 5.81. The maximum atomic E-state index is 10.5. The first kappa shape index (κ1) is 8.74. The van der Waals surface area contributed by atoms with Crippen LogP contribution in [-0.2, 0) is 6.54 Å². The van der Waals surface area contributed by atoms with Crippen molar-refractivity contribution in [2.24, 2.45) is 5.73 Å². The van der Waals surface area contributed by atoms with E-state index in [-0.39, 0.29) is 0 Å². The molecule has 1 aromatic carbocycles. The summed E-state index contributed by atoms with van der Waals surface area (Å²) in [5.74, 6) is 0.675. The van der Waals surface area contributed by atoms with Crippen LogP contribution in [0.3, 0.4) is 0 Å². The summed E-state index contributed by atoms with van der Waals surface area (Å²) >= 11 is 0. The number of benzene rings is 1. The van der Waals surface area contributed by atoms with Gasteiger partial charge in [-0.15, -0.1) is 0 Å². The molecule has 3 nitrogen and oxygen atoms in total. The summed E-state index contributed by atoms with van der Waals surface area (Å²) in [6.07, 6.45) is 0.782. The number of rotatable bonds is 3. The number of nitrogens with two attached hydrogens (primary N) is 1. The lowest BCUT2D eigenvalue weighted by atomic mass is 10.1. The number of hydrogen-bond donors (Lipinski definition) is 1. The molecular weight excluding hydrogens is 154 g/mol. The zero-order valence-corrected chi connectivity index (χ0v) is 6.91. The summed E-state index contributed by atoms with van der Waals surface area (Å²) in [4.78, 5) is 10.5. The smallest absolute Gasteiger partial charge is 0.150 e. The third-order valence-corrected chi connectivity index (χ3v) is 1.70. The maximum Gasteiger partial charge on any atom is 0.150 e. The molecule has 0 saturated carbocycles. The van der Waals surface area contributed by atoms with Gasteiger partial charge in [-0.05, 0) is 17.7 Å². The van der Waals surface area contributed by atoms with E-state index in [9.17, 15) is 4.79 Å². The zero-order chi connectivity index (χ0) is 8.97. The van der Waals surface area contributed by atoms with Crippen molar-refractivity contribution < 1.29 is 9.53 Å². The van der Waals surface area contributed by atoms with Crippen LogP contribution < -0.4 is 10.5 Å². The van der Waals surface area contributed by atoms with Crippen molar-refractivity contribution in [3.8, 4) is 5.75 Å². The molecule has 0 aromatic heterocycles. The molecule has 0 saturated heterocycles. The predicted molar refractivity (Wildman–Crippen MR) is 46.3 cm³/mol. The van der Waals surface area contributed by atoms with Gasteiger partial charge in [-0.3, -0.25) is 4.79 Å². The molecule has 0 fully saturated rings. The van der Waals surface area contributed by atoms with Crippen LogP contribution in [0.5, 0.6) is 5.75 Å². The first-order valence-corrected chi connectivity index (χ1v) is 3.64. The number of carbonyl (C=O) groups is 1. The van der Waals surface area contributed by atoms with Crippen molar-refractivity contribution in [2.75, 3.05) is 7.11 Å². The van der Waals surface area contributed by atoms with Crippen molar-refractivity contribution in [2.45, 2.75) is 6.54 Å². The number of aldehydes is 1. The van der Waals surface area contributed by atoms with Gasteiger partial charge in [0.1, 0.15) is 5.75 Å². The fraction of sp³-hybridized carbons (Fsp3) is 0.222. The van der Waals surface area contributed by atoms with Gasteiger partial charge in [0.25, 0.3) is 0 Å². The summed E-state index contributed by atoms with van der Waals surface area (Å²) in [7, 11) is 1.56. The predicted octanol–water partition coefficient (Wildman–Crippen LogP) is 0.966. The van der Waals surface area contributed by atoms with E-state index in [1.807, 2.05) is 0 Å². The van der Waals surface area contributed by atoms with Gasteiger partial charge in [-0.1, -0.05) is 6.07 Å². The summed E-state index contributed by atoms with van der Waals surface area (Å²) in [5, 5.41) is 0. The second-order valence-corrected chi connectivity index (χ2v) is 2.39. The Labute approximate surface area is 71.1 Å². The molecule has 2 N–H and O–H groups in total. The van der Waals surface area contributed by atoms with Gasteiger partial charge in [-0.2, -0.15) is 0 Å². The van der Waals surface area contributed by atoms with Crippen LogP contribution in [0.1, 0.15) is 15.9 Å². The molecular formula is C9H11NO2. The topological polar surface area (TPSA) is 52.3 Å². The Kier molecular flexibility index (Phi) is 2.82. The Hall–Kier alpha value is -1.35. The Morgan fingerprint density at radius 1 is 1.58 bits per heavy atom. The quantitative estimate of drug-likeness (QED) is 0.679. The molecule has 12 heavy (non-hydrogen) atoms. The molecule has 0 bridgehead atoms. The molecule has 64 valence electrons. The van der Waals surface area contributed by atoms with Gasteiger partial charge in [0.2, 0.25) is 0 Å². The van der Waals surface area contributed by atoms with Crippen molar-refractivity contribution in [1.29, 1.82) is 0 Å². The van der Waals surface area contributed by atoms with E-state index in [1.54, 1.807) is 25.3 Å². The van der Waals surface area contributed by atoms with E-state index in [4.69, 9.17) is 10.5 Å². The lowest BCUT2D eigenvalue weighted by molar-refractivity contribution is 0.112. The Bertz CT molecular complexity index is 284. The summed E-state index contributed by atoms with van der Waals surface area (Å²) in [6, 6.07) is 5.26. The van der Waals surface area contributed by atoms with Gasteiger partial charge < -0.3 is 10.5 Å². The van der Waals surface area contributed by atoms with E-state index in [0.29, 0.717) is 17.9 Å². The summed E-state index contributed by atoms with van der Waals surface area (Å²) < 4.78 is 4.96. The van der Waals surface area contributed by atoms with Gasteiger partial charge in [0.15, 0.2) is 6.29 Å². The van der Waals surface area contributed by atoms with Gasteiger partial charge >= 0.3 is 0 Å². The minimum Gasteiger partial charge on any atom is -0.497 e. The second kappa shape index (κ2) is 3.88. The van der Waals surface area contributed by atoms with Crippen LogP contribution in [0.4, 0.5) is 0 Å². The van der Waals surface area contributed by atoms with Gasteiger partial charge in [0.05, 0.1) is 7.11 Å². The average molecular weight is 165 g/mol. The molecule has 0 spiro atoms. The monoisotopic (exact) mass is 165 g/mol. The molecule has 0 aliphatic carbocycles. The lowest BCUT2D eigenvalue weighted by Crippen LogP contribution is -2.01. The second-order valence-electron chi connectivity index (χ2n) is 2.39. The molecule has 0 heterocycles. The van der Waals surface area contributed by atoms with E-state index in [0.717, 1.165) is 11.8 Å². The van der Waals surface area contributed by atoms with Crippen LogP contribution >= 0.6 is 0 Å². The van der Waals surface area contributed by atoms with Crippen LogP contribution in [0.2, 0.25) is 0 Å². The molecule has 3 heteroatoms. The molecule has 0 amide bonds. The molecule has 0 aliphatic heterocycles. The molecule has 1 rings (SSSR count). The number of carbonyl (C=O) groups excluding carboxylic acids is 1. The van der Waals surface area contributed by atoms with Crippen LogP contribution in [0.25, 0.3) is 0 Å². The van der Waals surface area contributed by atoms with Gasteiger partial charge in [-0.25, -0.2) is 0 Å². The van der Waals surface area contributed by atoms with Crippen LogP contribution in [-0.4, -0.2) is 13.4 Å². The van der Waals surface area contributed by atoms with Crippen LogP contribution in [0.15, 0.2) is 18.2 Å². The normalized spacial score (nSPS) is 9.50. The highest BCUT2D eigenvalue weighted by molar-refractivity contribution is 5.78. The van der Waals surface area contributed by atoms with E-state index in [1.165, 1.54) is 0 Å². The standard InChI is InChI=1S/C9H11NO2/c1-12-9-3-2-7(5-10)8(4-9)6-11/h2-4,6H,5,10H2,1H3.